The molecule has 112 valence electrons. The molecule has 21 heavy (non-hydrogen) atoms. The van der Waals surface area contributed by atoms with Crippen molar-refractivity contribution in [2.24, 2.45) is 0 Å². The van der Waals surface area contributed by atoms with Gasteiger partial charge in [0.15, 0.2) is 0 Å². The molecule has 0 aliphatic carbocycles. The Labute approximate surface area is 131 Å². The van der Waals surface area contributed by atoms with E-state index < -0.39 is 18.6 Å². The highest BCUT2D eigenvalue weighted by Crippen LogP contribution is 2.26. The summed E-state index contributed by atoms with van der Waals surface area (Å²) in [5.41, 5.74) is 0.319. The lowest BCUT2D eigenvalue weighted by Gasteiger charge is -2.12. The standard InChI is InChI=1S/C13H9BrClF3N2O/c14-9-4-3-8(6-10(9)15)19-12(21)11-2-1-5-20(11)7-13(16,17)18/h1-6H,7H2,(H,19,21). The summed E-state index contributed by atoms with van der Waals surface area (Å²) in [6.45, 7) is -1.22. The first-order valence-corrected chi connectivity index (χ1v) is 6.91. The van der Waals surface area contributed by atoms with E-state index in [2.05, 4.69) is 21.2 Å². The summed E-state index contributed by atoms with van der Waals surface area (Å²) in [4.78, 5) is 12.0. The van der Waals surface area contributed by atoms with Gasteiger partial charge in [-0.15, -0.1) is 0 Å². The fraction of sp³-hybridized carbons (Fsp3) is 0.154. The van der Waals surface area contributed by atoms with Crippen molar-refractivity contribution in [3.05, 3.63) is 51.7 Å². The zero-order chi connectivity index (χ0) is 15.6. The Hall–Kier alpha value is -1.47. The number of anilines is 1. The molecule has 0 aliphatic rings. The van der Waals surface area contributed by atoms with Crippen molar-refractivity contribution in [3.63, 3.8) is 0 Å². The molecule has 0 spiro atoms. The van der Waals surface area contributed by atoms with E-state index in [-0.39, 0.29) is 5.69 Å². The highest BCUT2D eigenvalue weighted by molar-refractivity contribution is 9.10. The third-order valence-electron chi connectivity index (χ3n) is 2.59. The Morgan fingerprint density at radius 1 is 1.33 bits per heavy atom. The molecule has 2 aromatic rings. The van der Waals surface area contributed by atoms with Crippen molar-refractivity contribution in [2.75, 3.05) is 5.32 Å². The summed E-state index contributed by atoms with van der Waals surface area (Å²) in [6, 6.07) is 7.43. The van der Waals surface area contributed by atoms with Crippen molar-refractivity contribution >= 4 is 39.1 Å². The zero-order valence-corrected chi connectivity index (χ0v) is 12.8. The van der Waals surface area contributed by atoms with Gasteiger partial charge in [0, 0.05) is 16.4 Å². The number of carbonyl (C=O) groups is 1. The van der Waals surface area contributed by atoms with Crippen molar-refractivity contribution in [3.8, 4) is 0 Å². The molecule has 0 bridgehead atoms. The van der Waals surface area contributed by atoms with Crippen LogP contribution in [0.25, 0.3) is 0 Å². The normalized spacial score (nSPS) is 11.5. The second-order valence-electron chi connectivity index (χ2n) is 4.22. The third kappa shape index (κ3) is 4.25. The molecule has 0 fully saturated rings. The van der Waals surface area contributed by atoms with E-state index in [4.69, 9.17) is 11.6 Å². The quantitative estimate of drug-likeness (QED) is 0.820. The number of halogens is 5. The smallest absolute Gasteiger partial charge is 0.334 e. The molecule has 1 amide bonds. The maximum absolute atomic E-state index is 12.4. The van der Waals surface area contributed by atoms with Gasteiger partial charge in [0.1, 0.15) is 12.2 Å². The summed E-state index contributed by atoms with van der Waals surface area (Å²) in [5.74, 6) is -0.636. The van der Waals surface area contributed by atoms with Crippen molar-refractivity contribution in [2.45, 2.75) is 12.7 Å². The number of aromatic nitrogens is 1. The molecule has 0 unspecified atom stereocenters. The average Bonchev–Trinajstić information content (AvgIpc) is 2.79. The van der Waals surface area contributed by atoms with Crippen LogP contribution in [0, 0.1) is 0 Å². The van der Waals surface area contributed by atoms with Gasteiger partial charge in [-0.3, -0.25) is 4.79 Å². The van der Waals surface area contributed by atoms with Gasteiger partial charge in [-0.25, -0.2) is 0 Å². The molecule has 0 radical (unpaired) electrons. The summed E-state index contributed by atoms with van der Waals surface area (Å²) in [5, 5.41) is 2.89. The Kier molecular flexibility index (Phi) is 4.63. The molecule has 1 N–H and O–H groups in total. The van der Waals surface area contributed by atoms with Crippen LogP contribution in [0.3, 0.4) is 0 Å². The SMILES string of the molecule is O=C(Nc1ccc(Br)c(Cl)c1)c1cccn1CC(F)(F)F. The number of nitrogens with one attached hydrogen (secondary N) is 1. The lowest BCUT2D eigenvalue weighted by atomic mass is 10.3. The zero-order valence-electron chi connectivity index (χ0n) is 10.4. The average molecular weight is 382 g/mol. The Morgan fingerprint density at radius 2 is 2.05 bits per heavy atom. The summed E-state index contributed by atoms with van der Waals surface area (Å²) >= 11 is 9.09. The van der Waals surface area contributed by atoms with Gasteiger partial charge in [-0.2, -0.15) is 13.2 Å². The van der Waals surface area contributed by atoms with E-state index >= 15 is 0 Å². The lowest BCUT2D eigenvalue weighted by Crippen LogP contribution is -2.23. The van der Waals surface area contributed by atoms with E-state index in [1.807, 2.05) is 0 Å². The predicted octanol–water partition coefficient (Wildman–Crippen LogP) is 4.72. The number of hydrogen-bond acceptors (Lipinski definition) is 1. The number of hydrogen-bond donors (Lipinski definition) is 1. The van der Waals surface area contributed by atoms with E-state index in [1.54, 1.807) is 12.1 Å². The first-order chi connectivity index (χ1) is 9.76. The second-order valence-corrected chi connectivity index (χ2v) is 5.48. The number of carbonyl (C=O) groups excluding carboxylic acids is 1. The number of amides is 1. The fourth-order valence-electron chi connectivity index (χ4n) is 1.72. The molecule has 8 heteroatoms. The molecule has 0 aliphatic heterocycles. The molecule has 0 saturated heterocycles. The van der Waals surface area contributed by atoms with Crippen LogP contribution in [0.15, 0.2) is 41.0 Å². The largest absolute Gasteiger partial charge is 0.406 e. The molecule has 3 nitrogen and oxygen atoms in total. The van der Waals surface area contributed by atoms with Crippen LogP contribution in [0.2, 0.25) is 5.02 Å². The monoisotopic (exact) mass is 380 g/mol. The van der Waals surface area contributed by atoms with Crippen LogP contribution in [-0.4, -0.2) is 16.7 Å². The second kappa shape index (κ2) is 6.11. The minimum absolute atomic E-state index is 0.0774. The van der Waals surface area contributed by atoms with E-state index in [0.717, 1.165) is 4.57 Å². The van der Waals surface area contributed by atoms with Gasteiger partial charge in [-0.1, -0.05) is 11.6 Å². The maximum atomic E-state index is 12.4. The topological polar surface area (TPSA) is 34.0 Å². The van der Waals surface area contributed by atoms with Gasteiger partial charge < -0.3 is 9.88 Å². The van der Waals surface area contributed by atoms with Crippen molar-refractivity contribution < 1.29 is 18.0 Å². The Balaban J connectivity index is 2.17. The van der Waals surface area contributed by atoms with E-state index in [1.165, 1.54) is 24.4 Å². The summed E-state index contributed by atoms with van der Waals surface area (Å²) < 4.78 is 38.7. The van der Waals surface area contributed by atoms with Crippen LogP contribution in [0.4, 0.5) is 18.9 Å². The molecule has 1 aromatic heterocycles. The minimum Gasteiger partial charge on any atom is -0.334 e. The highest BCUT2D eigenvalue weighted by Gasteiger charge is 2.29. The maximum Gasteiger partial charge on any atom is 0.406 e. The molecule has 0 saturated carbocycles. The van der Waals surface area contributed by atoms with Gasteiger partial charge in [-0.05, 0) is 46.3 Å². The first kappa shape index (κ1) is 15.9. The fourth-order valence-corrected chi connectivity index (χ4v) is 2.15. The predicted molar refractivity (Wildman–Crippen MR) is 77.6 cm³/mol. The number of rotatable bonds is 3. The van der Waals surface area contributed by atoms with Gasteiger partial charge in [0.05, 0.1) is 5.02 Å². The van der Waals surface area contributed by atoms with E-state index in [9.17, 15) is 18.0 Å². The van der Waals surface area contributed by atoms with Crippen LogP contribution in [-0.2, 0) is 6.54 Å². The van der Waals surface area contributed by atoms with Crippen LogP contribution in [0.1, 0.15) is 10.5 Å². The van der Waals surface area contributed by atoms with Crippen LogP contribution in [0.5, 0.6) is 0 Å². The Bertz CT molecular complexity index is 670. The molecule has 1 aromatic carbocycles. The van der Waals surface area contributed by atoms with Crippen LogP contribution < -0.4 is 5.32 Å². The number of benzene rings is 1. The van der Waals surface area contributed by atoms with Crippen LogP contribution >= 0.6 is 27.5 Å². The molecular weight excluding hydrogens is 373 g/mol. The van der Waals surface area contributed by atoms with Gasteiger partial charge in [0.2, 0.25) is 0 Å². The molecule has 2 rings (SSSR count). The lowest BCUT2D eigenvalue weighted by molar-refractivity contribution is -0.140. The highest BCUT2D eigenvalue weighted by atomic mass is 79.9. The Morgan fingerprint density at radius 3 is 2.67 bits per heavy atom. The molecule has 0 atom stereocenters. The van der Waals surface area contributed by atoms with Gasteiger partial charge in [0.25, 0.3) is 5.91 Å². The van der Waals surface area contributed by atoms with Gasteiger partial charge >= 0.3 is 6.18 Å². The minimum atomic E-state index is -4.39. The number of nitrogens with zero attached hydrogens (tertiary/aromatic N) is 1. The first-order valence-electron chi connectivity index (χ1n) is 5.74. The van der Waals surface area contributed by atoms with E-state index in [0.29, 0.717) is 15.2 Å². The molecular formula is C13H9BrClF3N2O. The number of alkyl halides is 3. The summed E-state index contributed by atoms with van der Waals surface area (Å²) in [6.07, 6.45) is -3.19. The van der Waals surface area contributed by atoms with Crippen molar-refractivity contribution in [1.82, 2.24) is 4.57 Å². The third-order valence-corrected chi connectivity index (χ3v) is 3.82. The molecule has 1 heterocycles. The summed E-state index contributed by atoms with van der Waals surface area (Å²) in [7, 11) is 0. The van der Waals surface area contributed by atoms with Crippen molar-refractivity contribution in [1.29, 1.82) is 0 Å².